The molecular formula is C24H26O8. The van der Waals surface area contributed by atoms with E-state index in [-0.39, 0.29) is 24.5 Å². The Morgan fingerprint density at radius 3 is 2.59 bits per heavy atom. The van der Waals surface area contributed by atoms with Crippen molar-refractivity contribution in [2.75, 3.05) is 21.0 Å². The van der Waals surface area contributed by atoms with Gasteiger partial charge in [0.05, 0.1) is 7.11 Å². The zero-order chi connectivity index (χ0) is 23.3. The predicted molar refractivity (Wildman–Crippen MR) is 116 cm³/mol. The first-order chi connectivity index (χ1) is 15.3. The lowest BCUT2D eigenvalue weighted by Crippen LogP contribution is -2.26. The van der Waals surface area contributed by atoms with Crippen LogP contribution in [0.15, 0.2) is 48.6 Å². The standard InChI is InChI=1S/C24H26O8/c1-14-6-4-9-19(25)23(27)22(26)16-8-5-7-15(10-16)18-11-17(30-3)12-20(31-13-29-2)21(18)24(28)32-14/h4-5,7-12,14,22-23,26-27H,6,13H2,1-3H3/b9-4-/t14-,22+,23+/m0/s1. The van der Waals surface area contributed by atoms with Crippen molar-refractivity contribution in [3.05, 3.63) is 59.7 Å². The van der Waals surface area contributed by atoms with Crippen molar-refractivity contribution in [2.24, 2.45) is 0 Å². The highest BCUT2D eigenvalue weighted by molar-refractivity contribution is 6.01. The van der Waals surface area contributed by atoms with Crippen LogP contribution in [0.1, 0.15) is 35.4 Å². The van der Waals surface area contributed by atoms with Crippen LogP contribution < -0.4 is 9.47 Å². The molecule has 3 atom stereocenters. The van der Waals surface area contributed by atoms with Crippen molar-refractivity contribution in [3.8, 4) is 22.6 Å². The fourth-order valence-electron chi connectivity index (χ4n) is 3.37. The Morgan fingerprint density at radius 2 is 1.88 bits per heavy atom. The van der Waals surface area contributed by atoms with Crippen molar-refractivity contribution in [1.82, 2.24) is 0 Å². The summed E-state index contributed by atoms with van der Waals surface area (Å²) in [5.41, 5.74) is 1.45. The molecule has 1 aliphatic rings. The Morgan fingerprint density at radius 1 is 1.09 bits per heavy atom. The van der Waals surface area contributed by atoms with Crippen LogP contribution in [0.2, 0.25) is 0 Å². The second-order valence-corrected chi connectivity index (χ2v) is 7.37. The molecule has 32 heavy (non-hydrogen) atoms. The highest BCUT2D eigenvalue weighted by atomic mass is 16.7. The average molecular weight is 442 g/mol. The fraction of sp³-hybridized carbons (Fsp3) is 0.333. The Hall–Kier alpha value is -3.20. The molecule has 1 heterocycles. The van der Waals surface area contributed by atoms with E-state index in [0.29, 0.717) is 22.4 Å². The number of cyclic esters (lactones) is 1. The van der Waals surface area contributed by atoms with Crippen molar-refractivity contribution >= 4 is 11.8 Å². The third-order valence-corrected chi connectivity index (χ3v) is 5.04. The van der Waals surface area contributed by atoms with Crippen LogP contribution in [0, 0.1) is 0 Å². The monoisotopic (exact) mass is 442 g/mol. The number of aliphatic hydroxyl groups is 2. The van der Waals surface area contributed by atoms with Crippen molar-refractivity contribution in [3.63, 3.8) is 0 Å². The maximum atomic E-state index is 13.2. The molecule has 0 fully saturated rings. The molecule has 0 amide bonds. The Bertz CT molecular complexity index is 1010. The van der Waals surface area contributed by atoms with Gasteiger partial charge >= 0.3 is 5.97 Å². The van der Waals surface area contributed by atoms with E-state index in [1.54, 1.807) is 43.3 Å². The van der Waals surface area contributed by atoms with E-state index in [1.165, 1.54) is 26.4 Å². The van der Waals surface area contributed by atoms with Crippen molar-refractivity contribution in [1.29, 1.82) is 0 Å². The molecule has 2 N–H and O–H groups in total. The van der Waals surface area contributed by atoms with E-state index < -0.39 is 30.1 Å². The third-order valence-electron chi connectivity index (χ3n) is 5.04. The van der Waals surface area contributed by atoms with Gasteiger partial charge in [0.2, 0.25) is 0 Å². The number of carbonyl (C=O) groups excluding carboxylic acids is 2. The minimum Gasteiger partial charge on any atom is -0.497 e. The van der Waals surface area contributed by atoms with Gasteiger partial charge in [0.15, 0.2) is 12.6 Å². The normalized spacial score (nSPS) is 22.3. The van der Waals surface area contributed by atoms with E-state index in [2.05, 4.69) is 0 Å². The topological polar surface area (TPSA) is 112 Å². The van der Waals surface area contributed by atoms with Gasteiger partial charge in [-0.15, -0.1) is 0 Å². The van der Waals surface area contributed by atoms with Crippen LogP contribution in [0.4, 0.5) is 0 Å². The number of aliphatic hydroxyl groups excluding tert-OH is 2. The van der Waals surface area contributed by atoms with Gasteiger partial charge < -0.3 is 29.2 Å². The zero-order valence-corrected chi connectivity index (χ0v) is 18.1. The number of hydrogen-bond acceptors (Lipinski definition) is 8. The quantitative estimate of drug-likeness (QED) is 0.549. The summed E-state index contributed by atoms with van der Waals surface area (Å²) in [6.45, 7) is 1.58. The molecule has 2 aromatic carbocycles. The van der Waals surface area contributed by atoms with Gasteiger partial charge in [0.1, 0.15) is 35.4 Å². The molecule has 170 valence electrons. The van der Waals surface area contributed by atoms with E-state index in [9.17, 15) is 19.8 Å². The summed E-state index contributed by atoms with van der Waals surface area (Å²) in [5.74, 6) is -0.622. The summed E-state index contributed by atoms with van der Waals surface area (Å²) in [4.78, 5) is 25.4. The minimum absolute atomic E-state index is 0.0990. The van der Waals surface area contributed by atoms with Gasteiger partial charge in [-0.05, 0) is 36.3 Å². The Balaban J connectivity index is 2.24. The van der Waals surface area contributed by atoms with Gasteiger partial charge in [-0.3, -0.25) is 4.79 Å². The highest BCUT2D eigenvalue weighted by Gasteiger charge is 2.27. The van der Waals surface area contributed by atoms with Crippen LogP contribution in [-0.4, -0.2) is 55.2 Å². The molecule has 0 unspecified atom stereocenters. The number of hydrogen-bond donors (Lipinski definition) is 2. The smallest absolute Gasteiger partial charge is 0.342 e. The molecule has 0 radical (unpaired) electrons. The summed E-state index contributed by atoms with van der Waals surface area (Å²) in [5, 5.41) is 20.9. The predicted octanol–water partition coefficient (Wildman–Crippen LogP) is 2.81. The van der Waals surface area contributed by atoms with Gasteiger partial charge in [-0.1, -0.05) is 24.3 Å². The van der Waals surface area contributed by atoms with Gasteiger partial charge in [-0.2, -0.15) is 0 Å². The number of benzene rings is 2. The fourth-order valence-corrected chi connectivity index (χ4v) is 3.37. The zero-order valence-electron chi connectivity index (χ0n) is 18.1. The van der Waals surface area contributed by atoms with E-state index >= 15 is 0 Å². The van der Waals surface area contributed by atoms with Gasteiger partial charge in [0.25, 0.3) is 0 Å². The number of methoxy groups -OCH3 is 2. The minimum atomic E-state index is -1.63. The van der Waals surface area contributed by atoms with Crippen LogP contribution in [-0.2, 0) is 14.3 Å². The molecule has 1 aliphatic heterocycles. The molecule has 2 bridgehead atoms. The van der Waals surface area contributed by atoms with E-state index in [4.69, 9.17) is 18.9 Å². The SMILES string of the molecule is COCOc1cc(OC)cc2c1C(=O)O[C@@H](C)C/C=C\C(=O)[C@@H](O)[C@H](O)c1cccc-2c1. The molecule has 2 aromatic rings. The first-order valence-electron chi connectivity index (χ1n) is 10.1. The summed E-state index contributed by atoms with van der Waals surface area (Å²) in [6, 6.07) is 9.77. The lowest BCUT2D eigenvalue weighted by molar-refractivity contribution is -0.128. The summed E-state index contributed by atoms with van der Waals surface area (Å²) in [7, 11) is 2.95. The summed E-state index contributed by atoms with van der Waals surface area (Å²) < 4.78 is 21.6. The van der Waals surface area contributed by atoms with Crippen LogP contribution in [0.25, 0.3) is 11.1 Å². The van der Waals surface area contributed by atoms with Gasteiger partial charge in [0, 0.05) is 25.2 Å². The molecule has 3 rings (SSSR count). The lowest BCUT2D eigenvalue weighted by atomic mass is 9.93. The Labute approximate surface area is 186 Å². The maximum Gasteiger partial charge on any atom is 0.342 e. The van der Waals surface area contributed by atoms with Gasteiger partial charge in [-0.25, -0.2) is 4.79 Å². The first kappa shape index (κ1) is 23.5. The molecule has 0 aromatic heterocycles. The number of ketones is 1. The van der Waals surface area contributed by atoms with Crippen LogP contribution >= 0.6 is 0 Å². The highest BCUT2D eigenvalue weighted by Crippen LogP contribution is 2.37. The van der Waals surface area contributed by atoms with Crippen LogP contribution in [0.5, 0.6) is 11.5 Å². The largest absolute Gasteiger partial charge is 0.497 e. The average Bonchev–Trinajstić information content (AvgIpc) is 2.80. The second kappa shape index (κ2) is 10.4. The maximum absolute atomic E-state index is 13.2. The van der Waals surface area contributed by atoms with Crippen LogP contribution in [0.3, 0.4) is 0 Å². The number of rotatable bonds is 4. The van der Waals surface area contributed by atoms with E-state index in [0.717, 1.165) is 0 Å². The number of ether oxygens (including phenoxy) is 4. The molecule has 8 heteroatoms. The summed E-state index contributed by atoms with van der Waals surface area (Å²) >= 11 is 0. The summed E-state index contributed by atoms with van der Waals surface area (Å²) in [6.07, 6.45) is -0.723. The second-order valence-electron chi connectivity index (χ2n) is 7.37. The number of carbonyl (C=O) groups is 2. The third kappa shape index (κ3) is 5.16. The molecule has 0 aliphatic carbocycles. The number of esters is 1. The molecule has 0 spiro atoms. The van der Waals surface area contributed by atoms with Crippen molar-refractivity contribution < 1.29 is 38.7 Å². The number of fused-ring (bicyclic) bond motifs is 4. The molecule has 0 saturated heterocycles. The van der Waals surface area contributed by atoms with E-state index in [1.807, 2.05) is 0 Å². The molecular weight excluding hydrogens is 416 g/mol. The molecule has 8 nitrogen and oxygen atoms in total. The molecule has 0 saturated carbocycles. The Kier molecular flexibility index (Phi) is 7.63. The first-order valence-corrected chi connectivity index (χ1v) is 10.1. The van der Waals surface area contributed by atoms with Crippen molar-refractivity contribution in [2.45, 2.75) is 31.7 Å². The lowest BCUT2D eigenvalue weighted by Gasteiger charge is -2.21.